The first kappa shape index (κ1) is 22.0. The number of carboxylic acids is 1. The van der Waals surface area contributed by atoms with Gasteiger partial charge < -0.3 is 19.3 Å². The first-order valence-corrected chi connectivity index (χ1v) is 11.3. The van der Waals surface area contributed by atoms with Gasteiger partial charge in [-0.3, -0.25) is 0 Å². The van der Waals surface area contributed by atoms with Gasteiger partial charge in [-0.05, 0) is 42.5 Å². The quantitative estimate of drug-likeness (QED) is 0.599. The highest BCUT2D eigenvalue weighted by Crippen LogP contribution is 2.35. The number of hydrogen-bond donors (Lipinski definition) is 1. The fourth-order valence-electron chi connectivity index (χ4n) is 3.63. The second-order valence-electron chi connectivity index (χ2n) is 7.12. The van der Waals surface area contributed by atoms with E-state index in [4.69, 9.17) is 14.2 Å². The third-order valence-electron chi connectivity index (χ3n) is 5.30. The molecule has 1 saturated heterocycles. The van der Waals surface area contributed by atoms with Gasteiger partial charge in [-0.1, -0.05) is 0 Å². The second kappa shape index (κ2) is 8.73. The molecule has 2 aromatic carbocycles. The molecule has 0 unspecified atom stereocenters. The van der Waals surface area contributed by atoms with E-state index in [0.29, 0.717) is 41.5 Å². The minimum absolute atomic E-state index is 0.0166. The van der Waals surface area contributed by atoms with Crippen LogP contribution in [0.1, 0.15) is 10.4 Å². The smallest absolute Gasteiger partial charge is 0.336 e. The molecule has 168 valence electrons. The molecule has 32 heavy (non-hydrogen) atoms. The van der Waals surface area contributed by atoms with E-state index in [-0.39, 0.29) is 28.9 Å². The lowest BCUT2D eigenvalue weighted by Crippen LogP contribution is -2.40. The van der Waals surface area contributed by atoms with Crippen molar-refractivity contribution in [2.45, 2.75) is 4.90 Å². The van der Waals surface area contributed by atoms with Crippen LogP contribution < -0.4 is 9.47 Å². The Bertz CT molecular complexity index is 1280. The third-order valence-corrected chi connectivity index (χ3v) is 7.20. The molecule has 3 aromatic rings. The maximum atomic E-state index is 13.0. The van der Waals surface area contributed by atoms with Gasteiger partial charge in [0.15, 0.2) is 0 Å². The third kappa shape index (κ3) is 3.99. The number of methoxy groups -OCH3 is 2. The van der Waals surface area contributed by atoms with Gasteiger partial charge in [-0.25, -0.2) is 18.2 Å². The van der Waals surface area contributed by atoms with Crippen LogP contribution in [0, 0.1) is 0 Å². The summed E-state index contributed by atoms with van der Waals surface area (Å²) in [6, 6.07) is 10.9. The van der Waals surface area contributed by atoms with E-state index < -0.39 is 16.0 Å². The van der Waals surface area contributed by atoms with E-state index in [1.54, 1.807) is 18.2 Å². The first-order valence-electron chi connectivity index (χ1n) is 9.83. The van der Waals surface area contributed by atoms with Crippen LogP contribution >= 0.6 is 0 Å². The summed E-state index contributed by atoms with van der Waals surface area (Å²) in [6.07, 6.45) is 0. The van der Waals surface area contributed by atoms with Crippen molar-refractivity contribution in [3.05, 3.63) is 48.0 Å². The zero-order valence-corrected chi connectivity index (χ0v) is 18.4. The highest BCUT2D eigenvalue weighted by Gasteiger charge is 2.27. The fraction of sp³-hybridized carbons (Fsp3) is 0.273. The molecule has 0 atom stereocenters. The molecule has 1 aromatic heterocycles. The molecule has 0 spiro atoms. The highest BCUT2D eigenvalue weighted by molar-refractivity contribution is 7.89. The summed E-state index contributed by atoms with van der Waals surface area (Å²) in [4.78, 5) is 16.7. The Hall–Kier alpha value is -3.21. The molecular formula is C22H22N2O7S. The second-order valence-corrected chi connectivity index (χ2v) is 9.06. The van der Waals surface area contributed by atoms with Crippen LogP contribution in [0.3, 0.4) is 0 Å². The molecule has 1 aliphatic heterocycles. The Morgan fingerprint density at radius 1 is 1.06 bits per heavy atom. The number of nitrogens with zero attached hydrogens (tertiary/aromatic N) is 2. The molecule has 1 N–H and O–H groups in total. The monoisotopic (exact) mass is 458 g/mol. The number of benzene rings is 2. The highest BCUT2D eigenvalue weighted by atomic mass is 32.2. The van der Waals surface area contributed by atoms with Crippen molar-refractivity contribution in [3.63, 3.8) is 0 Å². The number of morpholine rings is 1. The Morgan fingerprint density at radius 3 is 2.47 bits per heavy atom. The van der Waals surface area contributed by atoms with Crippen LogP contribution in [0.15, 0.2) is 47.4 Å². The average Bonchev–Trinajstić information content (AvgIpc) is 2.82. The number of rotatable bonds is 6. The SMILES string of the molecule is COc1ccc(OC)c(-c2cc(C(=O)O)c3cc(S(=O)(=O)N4CCOCC4)ccc3n2)c1. The van der Waals surface area contributed by atoms with Crippen LogP contribution in [0.25, 0.3) is 22.2 Å². The predicted octanol–water partition coefficient (Wildman–Crippen LogP) is 2.64. The van der Waals surface area contributed by atoms with Gasteiger partial charge in [0.2, 0.25) is 10.0 Å². The zero-order valence-electron chi connectivity index (χ0n) is 17.6. The predicted molar refractivity (Wildman–Crippen MR) is 117 cm³/mol. The molecule has 0 aliphatic carbocycles. The summed E-state index contributed by atoms with van der Waals surface area (Å²) < 4.78 is 43.3. The van der Waals surface area contributed by atoms with Gasteiger partial charge in [0.05, 0.1) is 49.1 Å². The van der Waals surface area contributed by atoms with Crippen molar-refractivity contribution in [1.29, 1.82) is 0 Å². The molecule has 10 heteroatoms. The number of ether oxygens (including phenoxy) is 3. The normalized spacial score (nSPS) is 14.9. The van der Waals surface area contributed by atoms with Gasteiger partial charge in [-0.15, -0.1) is 0 Å². The molecule has 9 nitrogen and oxygen atoms in total. The van der Waals surface area contributed by atoms with E-state index in [1.165, 1.54) is 42.8 Å². The lowest BCUT2D eigenvalue weighted by molar-refractivity contribution is 0.0699. The fourth-order valence-corrected chi connectivity index (χ4v) is 5.07. The van der Waals surface area contributed by atoms with Crippen LogP contribution in [0.2, 0.25) is 0 Å². The lowest BCUT2D eigenvalue weighted by Gasteiger charge is -2.26. The van der Waals surface area contributed by atoms with Crippen molar-refractivity contribution < 1.29 is 32.5 Å². The lowest BCUT2D eigenvalue weighted by atomic mass is 10.0. The van der Waals surface area contributed by atoms with Crippen molar-refractivity contribution in [2.24, 2.45) is 0 Å². The standard InChI is InChI=1S/C22H22N2O7S/c1-29-14-3-6-21(30-2)18(11-14)20-13-17(22(25)26)16-12-15(4-5-19(16)23-20)32(27,28)24-7-9-31-10-8-24/h3-6,11-13H,7-10H2,1-2H3,(H,25,26). The summed E-state index contributed by atoms with van der Waals surface area (Å²) >= 11 is 0. The molecule has 0 amide bonds. The summed E-state index contributed by atoms with van der Waals surface area (Å²) in [7, 11) is -0.748. The summed E-state index contributed by atoms with van der Waals surface area (Å²) in [6.45, 7) is 1.14. The van der Waals surface area contributed by atoms with Gasteiger partial charge in [0.25, 0.3) is 0 Å². The molecule has 0 saturated carbocycles. The molecule has 0 bridgehead atoms. The van der Waals surface area contributed by atoms with Crippen molar-refractivity contribution >= 4 is 26.9 Å². The number of aromatic carboxylic acids is 1. The molecule has 0 radical (unpaired) electrons. The number of carboxylic acid groups (broad SMARTS) is 1. The summed E-state index contributed by atoms with van der Waals surface area (Å²) in [5, 5.41) is 10.1. The number of carbonyl (C=O) groups is 1. The van der Waals surface area contributed by atoms with Crippen molar-refractivity contribution in [2.75, 3.05) is 40.5 Å². The maximum Gasteiger partial charge on any atom is 0.336 e. The zero-order chi connectivity index (χ0) is 22.9. The summed E-state index contributed by atoms with van der Waals surface area (Å²) in [5.74, 6) is -0.131. The van der Waals surface area contributed by atoms with Crippen molar-refractivity contribution in [3.8, 4) is 22.8 Å². The van der Waals surface area contributed by atoms with Crippen LogP contribution in [0.4, 0.5) is 0 Å². The number of aromatic nitrogens is 1. The van der Waals surface area contributed by atoms with E-state index in [0.717, 1.165) is 0 Å². The molecule has 4 rings (SSSR count). The number of pyridine rings is 1. The van der Waals surface area contributed by atoms with E-state index in [1.807, 2.05) is 0 Å². The topological polar surface area (TPSA) is 115 Å². The maximum absolute atomic E-state index is 13.0. The average molecular weight is 458 g/mol. The van der Waals surface area contributed by atoms with Crippen LogP contribution in [-0.4, -0.2) is 69.3 Å². The minimum Gasteiger partial charge on any atom is -0.497 e. The minimum atomic E-state index is -3.78. The van der Waals surface area contributed by atoms with Crippen LogP contribution in [0.5, 0.6) is 11.5 Å². The summed E-state index contributed by atoms with van der Waals surface area (Å²) in [5.41, 5.74) is 1.22. The van der Waals surface area contributed by atoms with Gasteiger partial charge >= 0.3 is 5.97 Å². The van der Waals surface area contributed by atoms with E-state index in [2.05, 4.69) is 4.98 Å². The Kier molecular flexibility index (Phi) is 6.00. The number of fused-ring (bicyclic) bond motifs is 1. The van der Waals surface area contributed by atoms with E-state index >= 15 is 0 Å². The van der Waals surface area contributed by atoms with Crippen molar-refractivity contribution in [1.82, 2.24) is 9.29 Å². The Balaban J connectivity index is 1.88. The largest absolute Gasteiger partial charge is 0.497 e. The molecule has 1 fully saturated rings. The molecule has 2 heterocycles. The van der Waals surface area contributed by atoms with Gasteiger partial charge in [0.1, 0.15) is 11.5 Å². The van der Waals surface area contributed by atoms with Gasteiger partial charge in [0, 0.05) is 24.0 Å². The van der Waals surface area contributed by atoms with E-state index in [9.17, 15) is 18.3 Å². The molecule has 1 aliphatic rings. The number of hydrogen-bond acceptors (Lipinski definition) is 7. The Labute approximate surface area is 185 Å². The molecular weight excluding hydrogens is 436 g/mol. The Morgan fingerprint density at radius 2 is 1.81 bits per heavy atom. The van der Waals surface area contributed by atoms with Crippen LogP contribution in [-0.2, 0) is 14.8 Å². The first-order chi connectivity index (χ1) is 15.3. The number of sulfonamides is 1. The van der Waals surface area contributed by atoms with Gasteiger partial charge in [-0.2, -0.15) is 4.31 Å².